The summed E-state index contributed by atoms with van der Waals surface area (Å²) < 4.78 is 0. The van der Waals surface area contributed by atoms with Crippen LogP contribution in [0, 0.1) is 0 Å². The largest absolute Gasteiger partial charge is 0.390 e. The van der Waals surface area contributed by atoms with Crippen molar-refractivity contribution < 1.29 is 10.2 Å². The van der Waals surface area contributed by atoms with Crippen molar-refractivity contribution in [1.29, 1.82) is 0 Å². The van der Waals surface area contributed by atoms with Crippen LogP contribution in [0.4, 0.5) is 5.82 Å². The Morgan fingerprint density at radius 2 is 2.29 bits per heavy atom. The number of hydrogen-bond acceptors (Lipinski definition) is 5. The minimum Gasteiger partial charge on any atom is -0.390 e. The highest BCUT2D eigenvalue weighted by molar-refractivity contribution is 6.31. The van der Waals surface area contributed by atoms with E-state index in [1.54, 1.807) is 0 Å². The predicted octanol–water partition coefficient (Wildman–Crippen LogP) is 1.41. The fourth-order valence-electron chi connectivity index (χ4n) is 1.27. The summed E-state index contributed by atoms with van der Waals surface area (Å²) in [5, 5.41) is 22.9. The second kappa shape index (κ2) is 6.27. The predicted molar refractivity (Wildman–Crippen MR) is 63.3 cm³/mol. The van der Waals surface area contributed by atoms with Crippen LogP contribution in [0.3, 0.4) is 0 Å². The lowest BCUT2D eigenvalue weighted by Gasteiger charge is -2.18. The molecule has 1 aromatic rings. The minimum atomic E-state index is -1.19. The van der Waals surface area contributed by atoms with E-state index in [0.29, 0.717) is 0 Å². The van der Waals surface area contributed by atoms with E-state index in [2.05, 4.69) is 15.0 Å². The number of rotatable bonds is 5. The number of anilines is 1. The fourth-order valence-corrected chi connectivity index (χ4v) is 1.55. The molecule has 17 heavy (non-hydrogen) atoms. The summed E-state index contributed by atoms with van der Waals surface area (Å²) in [6.45, 7) is 0.0920. The van der Waals surface area contributed by atoms with E-state index < -0.39 is 12.2 Å². The van der Waals surface area contributed by atoms with Gasteiger partial charge in [-0.3, -0.25) is 0 Å². The molecule has 8 heteroatoms. The van der Waals surface area contributed by atoms with Gasteiger partial charge in [-0.1, -0.05) is 16.7 Å². The average Bonchev–Trinajstić information content (AvgIpc) is 2.28. The van der Waals surface area contributed by atoms with Gasteiger partial charge in [0.05, 0.1) is 11.1 Å². The highest BCUT2D eigenvalue weighted by atomic mass is 35.5. The van der Waals surface area contributed by atoms with Crippen LogP contribution in [0.5, 0.6) is 0 Å². The van der Waals surface area contributed by atoms with E-state index in [4.69, 9.17) is 22.9 Å². The summed E-state index contributed by atoms with van der Waals surface area (Å²) in [7, 11) is 0. The van der Waals surface area contributed by atoms with Gasteiger partial charge in [0.2, 0.25) is 0 Å². The van der Waals surface area contributed by atoms with Crippen molar-refractivity contribution >= 4 is 17.4 Å². The zero-order chi connectivity index (χ0) is 12.8. The monoisotopic (exact) mass is 257 g/mol. The van der Waals surface area contributed by atoms with E-state index in [-0.39, 0.29) is 29.4 Å². The number of aliphatic hydroxyl groups excluding tert-OH is 2. The number of aliphatic hydroxyl groups is 2. The van der Waals surface area contributed by atoms with E-state index in [1.165, 1.54) is 12.3 Å². The van der Waals surface area contributed by atoms with Crippen LogP contribution >= 0.6 is 11.6 Å². The number of aromatic nitrogens is 1. The van der Waals surface area contributed by atoms with Crippen LogP contribution in [0.1, 0.15) is 18.1 Å². The molecule has 0 radical (unpaired) electrons. The van der Waals surface area contributed by atoms with Crippen molar-refractivity contribution in [1.82, 2.24) is 4.98 Å². The van der Waals surface area contributed by atoms with Gasteiger partial charge in [0.25, 0.3) is 0 Å². The van der Waals surface area contributed by atoms with E-state index >= 15 is 0 Å². The first kappa shape index (κ1) is 13.5. The van der Waals surface area contributed by atoms with Gasteiger partial charge in [-0.05, 0) is 18.0 Å². The van der Waals surface area contributed by atoms with Gasteiger partial charge in [-0.15, -0.1) is 0 Å². The molecule has 0 aliphatic heterocycles. The highest BCUT2D eigenvalue weighted by Crippen LogP contribution is 2.26. The van der Waals surface area contributed by atoms with Gasteiger partial charge in [0.15, 0.2) is 0 Å². The van der Waals surface area contributed by atoms with Gasteiger partial charge in [0.1, 0.15) is 11.9 Å². The molecule has 1 aromatic heterocycles. The van der Waals surface area contributed by atoms with Crippen LogP contribution in [-0.4, -0.2) is 27.8 Å². The van der Waals surface area contributed by atoms with Crippen molar-refractivity contribution in [2.75, 3.05) is 12.3 Å². The summed E-state index contributed by atoms with van der Waals surface area (Å²) in [6, 6.07) is 1.39. The second-order valence-corrected chi connectivity index (χ2v) is 3.79. The normalized spacial score (nSPS) is 13.8. The zero-order valence-corrected chi connectivity index (χ0v) is 9.62. The average molecular weight is 258 g/mol. The van der Waals surface area contributed by atoms with Crippen LogP contribution in [0.15, 0.2) is 17.4 Å². The Kier molecular flexibility index (Phi) is 4.99. The molecule has 1 rings (SSSR count). The highest BCUT2D eigenvalue weighted by Gasteiger charge is 2.20. The van der Waals surface area contributed by atoms with Crippen LogP contribution in [0.2, 0.25) is 5.02 Å². The summed E-state index contributed by atoms with van der Waals surface area (Å²) >= 11 is 5.86. The van der Waals surface area contributed by atoms with Crippen molar-refractivity contribution in [2.24, 2.45) is 5.11 Å². The SMILES string of the molecule is [N-]=[N+]=NCCC(O)C(O)c1cnc(N)cc1Cl. The van der Waals surface area contributed by atoms with Gasteiger partial charge in [0, 0.05) is 23.2 Å². The molecule has 0 amide bonds. The van der Waals surface area contributed by atoms with Gasteiger partial charge < -0.3 is 15.9 Å². The molecule has 0 aliphatic rings. The summed E-state index contributed by atoms with van der Waals surface area (Å²) in [5.74, 6) is 0.231. The van der Waals surface area contributed by atoms with Gasteiger partial charge in [-0.2, -0.15) is 0 Å². The lowest BCUT2D eigenvalue weighted by atomic mass is 10.0. The Labute approximate surface area is 102 Å². The molecular weight excluding hydrogens is 246 g/mol. The van der Waals surface area contributed by atoms with E-state index in [0.717, 1.165) is 0 Å². The zero-order valence-electron chi connectivity index (χ0n) is 8.86. The molecule has 2 atom stereocenters. The van der Waals surface area contributed by atoms with Crippen molar-refractivity contribution in [2.45, 2.75) is 18.6 Å². The number of nitrogen functional groups attached to an aromatic ring is 1. The first-order valence-electron chi connectivity index (χ1n) is 4.84. The quantitative estimate of drug-likeness (QED) is 0.418. The maximum absolute atomic E-state index is 9.81. The van der Waals surface area contributed by atoms with Gasteiger partial charge >= 0.3 is 0 Å². The number of halogens is 1. The maximum atomic E-state index is 9.81. The van der Waals surface area contributed by atoms with Crippen molar-refractivity contribution in [3.05, 3.63) is 33.3 Å². The molecule has 2 unspecified atom stereocenters. The Balaban J connectivity index is 2.73. The van der Waals surface area contributed by atoms with Crippen LogP contribution in [0.25, 0.3) is 10.4 Å². The molecule has 0 fully saturated rings. The first-order valence-corrected chi connectivity index (χ1v) is 5.22. The fraction of sp³-hybridized carbons (Fsp3) is 0.444. The van der Waals surface area contributed by atoms with Crippen molar-refractivity contribution in [3.8, 4) is 0 Å². The van der Waals surface area contributed by atoms with E-state index in [1.807, 2.05) is 0 Å². The number of nitrogens with two attached hydrogens (primary N) is 1. The molecule has 0 bridgehead atoms. The number of nitrogens with zero attached hydrogens (tertiary/aromatic N) is 4. The van der Waals surface area contributed by atoms with Gasteiger partial charge in [-0.25, -0.2) is 4.98 Å². The Morgan fingerprint density at radius 3 is 2.88 bits per heavy atom. The van der Waals surface area contributed by atoms with Crippen LogP contribution in [-0.2, 0) is 0 Å². The van der Waals surface area contributed by atoms with Crippen LogP contribution < -0.4 is 5.73 Å². The number of azide groups is 1. The third kappa shape index (κ3) is 3.76. The lowest BCUT2D eigenvalue weighted by Crippen LogP contribution is -2.19. The Hall–Kier alpha value is -1.53. The number of pyridine rings is 1. The third-order valence-electron chi connectivity index (χ3n) is 2.17. The summed E-state index contributed by atoms with van der Waals surface area (Å²) in [4.78, 5) is 6.33. The molecule has 4 N–H and O–H groups in total. The lowest BCUT2D eigenvalue weighted by molar-refractivity contribution is 0.0149. The molecule has 92 valence electrons. The maximum Gasteiger partial charge on any atom is 0.124 e. The first-order chi connectivity index (χ1) is 8.06. The molecule has 0 saturated carbocycles. The van der Waals surface area contributed by atoms with E-state index in [9.17, 15) is 10.2 Å². The topological polar surface area (TPSA) is 128 Å². The summed E-state index contributed by atoms with van der Waals surface area (Å²) in [5.41, 5.74) is 13.8. The molecule has 0 aliphatic carbocycles. The Morgan fingerprint density at radius 1 is 1.59 bits per heavy atom. The molecular formula is C9H12ClN5O2. The Bertz CT molecular complexity index is 435. The number of hydrogen-bond donors (Lipinski definition) is 3. The van der Waals surface area contributed by atoms with Crippen molar-refractivity contribution in [3.63, 3.8) is 0 Å². The molecule has 1 heterocycles. The standard InChI is InChI=1S/C9H12ClN5O2/c10-6-3-8(11)13-4-5(6)9(17)7(16)1-2-14-15-12/h3-4,7,9,16-17H,1-2H2,(H2,11,13). The minimum absolute atomic E-state index is 0.0920. The second-order valence-electron chi connectivity index (χ2n) is 3.39. The molecule has 0 spiro atoms. The summed E-state index contributed by atoms with van der Waals surface area (Å²) in [6.07, 6.45) is -0.835. The molecule has 0 aromatic carbocycles. The molecule has 7 nitrogen and oxygen atoms in total. The molecule has 0 saturated heterocycles. The smallest absolute Gasteiger partial charge is 0.124 e. The third-order valence-corrected chi connectivity index (χ3v) is 2.50.